The van der Waals surface area contributed by atoms with Crippen LogP contribution in [-0.2, 0) is 5.54 Å². The number of aromatic hydroxyl groups is 2. The molecule has 1 atom stereocenters. The third-order valence-corrected chi connectivity index (χ3v) is 3.71. The SMILES string of the molecule is Cc1cc(O)c(O)c(Cl)c1C1(C)CCCN1. The number of halogens is 1. The van der Waals surface area contributed by atoms with Crippen LogP contribution in [0.4, 0.5) is 0 Å². The van der Waals surface area contributed by atoms with E-state index in [1.807, 2.05) is 6.92 Å². The molecule has 0 radical (unpaired) electrons. The van der Waals surface area contributed by atoms with Gasteiger partial charge in [0.25, 0.3) is 0 Å². The highest BCUT2D eigenvalue weighted by Gasteiger charge is 2.34. The van der Waals surface area contributed by atoms with Crippen LogP contribution >= 0.6 is 11.6 Å². The molecule has 1 aliphatic rings. The van der Waals surface area contributed by atoms with Gasteiger partial charge in [-0.3, -0.25) is 0 Å². The van der Waals surface area contributed by atoms with Crippen LogP contribution in [0.5, 0.6) is 11.5 Å². The van der Waals surface area contributed by atoms with Crippen molar-refractivity contribution < 1.29 is 10.2 Å². The summed E-state index contributed by atoms with van der Waals surface area (Å²) in [6, 6.07) is 1.56. The molecule has 0 bridgehead atoms. The van der Waals surface area contributed by atoms with Crippen molar-refractivity contribution in [3.05, 3.63) is 22.2 Å². The van der Waals surface area contributed by atoms with Crippen LogP contribution in [-0.4, -0.2) is 16.8 Å². The highest BCUT2D eigenvalue weighted by molar-refractivity contribution is 6.33. The van der Waals surface area contributed by atoms with E-state index in [9.17, 15) is 10.2 Å². The number of phenolic OH excluding ortho intramolecular Hbond substituents is 2. The zero-order valence-corrected chi connectivity index (χ0v) is 10.2. The molecule has 0 aliphatic carbocycles. The Morgan fingerprint density at radius 2 is 2.12 bits per heavy atom. The molecule has 3 N–H and O–H groups in total. The van der Waals surface area contributed by atoms with Gasteiger partial charge in [0, 0.05) is 5.54 Å². The van der Waals surface area contributed by atoms with Crippen molar-refractivity contribution in [1.29, 1.82) is 0 Å². The molecule has 1 aromatic rings. The van der Waals surface area contributed by atoms with E-state index in [4.69, 9.17) is 11.6 Å². The monoisotopic (exact) mass is 241 g/mol. The maximum atomic E-state index is 9.68. The van der Waals surface area contributed by atoms with E-state index >= 15 is 0 Å². The molecule has 88 valence electrons. The van der Waals surface area contributed by atoms with Crippen LogP contribution in [0, 0.1) is 6.92 Å². The third-order valence-electron chi connectivity index (χ3n) is 3.34. The molecule has 4 heteroatoms. The lowest BCUT2D eigenvalue weighted by Crippen LogP contribution is -2.34. The van der Waals surface area contributed by atoms with Crippen molar-refractivity contribution in [2.45, 2.75) is 32.2 Å². The number of benzene rings is 1. The zero-order chi connectivity index (χ0) is 11.9. The second kappa shape index (κ2) is 3.82. The average Bonchev–Trinajstić information content (AvgIpc) is 2.62. The first kappa shape index (κ1) is 11.6. The standard InChI is InChI=1S/C12H16ClNO2/c1-7-6-8(15)11(16)10(13)9(7)12(2)4-3-5-14-12/h6,14-16H,3-5H2,1-2H3. The van der Waals surface area contributed by atoms with Crippen molar-refractivity contribution in [3.8, 4) is 11.5 Å². The van der Waals surface area contributed by atoms with Gasteiger partial charge in [0.15, 0.2) is 11.5 Å². The van der Waals surface area contributed by atoms with Gasteiger partial charge in [-0.2, -0.15) is 0 Å². The fourth-order valence-electron chi connectivity index (χ4n) is 2.53. The average molecular weight is 242 g/mol. The summed E-state index contributed by atoms with van der Waals surface area (Å²) in [5, 5.41) is 22.8. The minimum atomic E-state index is -0.225. The molecule has 2 rings (SSSR count). The zero-order valence-electron chi connectivity index (χ0n) is 9.47. The predicted molar refractivity (Wildman–Crippen MR) is 64.1 cm³/mol. The van der Waals surface area contributed by atoms with Crippen molar-refractivity contribution in [2.24, 2.45) is 0 Å². The quantitative estimate of drug-likeness (QED) is 0.663. The largest absolute Gasteiger partial charge is 0.504 e. The molecular formula is C12H16ClNO2. The molecule has 0 spiro atoms. The molecular weight excluding hydrogens is 226 g/mol. The molecule has 1 unspecified atom stereocenters. The molecule has 1 aromatic carbocycles. The van der Waals surface area contributed by atoms with Crippen molar-refractivity contribution >= 4 is 11.6 Å². The van der Waals surface area contributed by atoms with Crippen LogP contribution < -0.4 is 5.32 Å². The van der Waals surface area contributed by atoms with Crippen molar-refractivity contribution in [2.75, 3.05) is 6.54 Å². The Hall–Kier alpha value is -0.930. The van der Waals surface area contributed by atoms with Crippen LogP contribution in [0.15, 0.2) is 6.07 Å². The number of phenols is 2. The summed E-state index contributed by atoms with van der Waals surface area (Å²) >= 11 is 6.12. The fourth-order valence-corrected chi connectivity index (χ4v) is 2.99. The first-order chi connectivity index (χ1) is 7.46. The number of aryl methyl sites for hydroxylation is 1. The van der Waals surface area contributed by atoms with E-state index in [1.165, 1.54) is 0 Å². The smallest absolute Gasteiger partial charge is 0.176 e. The highest BCUT2D eigenvalue weighted by atomic mass is 35.5. The van der Waals surface area contributed by atoms with E-state index in [-0.39, 0.29) is 22.1 Å². The van der Waals surface area contributed by atoms with Crippen LogP contribution in [0.3, 0.4) is 0 Å². The summed E-state index contributed by atoms with van der Waals surface area (Å²) in [6.45, 7) is 4.92. The van der Waals surface area contributed by atoms with Crippen LogP contribution in [0.25, 0.3) is 0 Å². The molecule has 0 amide bonds. The molecule has 0 saturated carbocycles. The van der Waals surface area contributed by atoms with Gasteiger partial charge in [-0.25, -0.2) is 0 Å². The van der Waals surface area contributed by atoms with Crippen LogP contribution in [0.2, 0.25) is 5.02 Å². The Morgan fingerprint density at radius 1 is 1.44 bits per heavy atom. The summed E-state index contributed by atoms with van der Waals surface area (Å²) < 4.78 is 0. The highest BCUT2D eigenvalue weighted by Crippen LogP contribution is 2.44. The molecule has 16 heavy (non-hydrogen) atoms. The predicted octanol–water partition coefficient (Wildman–Crippen LogP) is 2.66. The minimum Gasteiger partial charge on any atom is -0.504 e. The first-order valence-electron chi connectivity index (χ1n) is 5.42. The summed E-state index contributed by atoms with van der Waals surface area (Å²) in [4.78, 5) is 0. The van der Waals surface area contributed by atoms with E-state index < -0.39 is 0 Å². The van der Waals surface area contributed by atoms with E-state index in [0.29, 0.717) is 0 Å². The third kappa shape index (κ3) is 1.64. The minimum absolute atomic E-state index is 0.159. The Bertz CT molecular complexity index is 426. The number of nitrogens with one attached hydrogen (secondary N) is 1. The van der Waals surface area contributed by atoms with Crippen LogP contribution in [0.1, 0.15) is 30.9 Å². The second-order valence-corrected chi connectivity index (χ2v) is 4.99. The Labute approximate surface area is 100 Å². The molecule has 1 aliphatic heterocycles. The maximum Gasteiger partial charge on any atom is 0.176 e. The maximum absolute atomic E-state index is 9.68. The van der Waals surface area contributed by atoms with Crippen molar-refractivity contribution in [3.63, 3.8) is 0 Å². The molecule has 1 saturated heterocycles. The first-order valence-corrected chi connectivity index (χ1v) is 5.80. The van der Waals surface area contributed by atoms with E-state index in [2.05, 4.69) is 12.2 Å². The molecule has 1 fully saturated rings. The van der Waals surface area contributed by atoms with Gasteiger partial charge in [0.1, 0.15) is 0 Å². The lowest BCUT2D eigenvalue weighted by molar-refractivity contribution is 0.393. The number of hydrogen-bond acceptors (Lipinski definition) is 3. The lowest BCUT2D eigenvalue weighted by Gasteiger charge is -2.28. The topological polar surface area (TPSA) is 52.5 Å². The van der Waals surface area contributed by atoms with E-state index in [0.717, 1.165) is 30.5 Å². The molecule has 3 nitrogen and oxygen atoms in total. The molecule has 0 aromatic heterocycles. The molecule has 1 heterocycles. The fraction of sp³-hybridized carbons (Fsp3) is 0.500. The summed E-state index contributed by atoms with van der Waals surface area (Å²) in [5.41, 5.74) is 1.59. The van der Waals surface area contributed by atoms with Gasteiger partial charge in [-0.1, -0.05) is 11.6 Å². The van der Waals surface area contributed by atoms with Gasteiger partial charge in [-0.05, 0) is 50.4 Å². The number of rotatable bonds is 1. The number of hydrogen-bond donors (Lipinski definition) is 3. The van der Waals surface area contributed by atoms with Gasteiger partial charge < -0.3 is 15.5 Å². The Kier molecular flexibility index (Phi) is 2.76. The van der Waals surface area contributed by atoms with E-state index in [1.54, 1.807) is 6.07 Å². The Balaban J connectivity index is 2.60. The van der Waals surface area contributed by atoms with Crippen molar-refractivity contribution in [1.82, 2.24) is 5.32 Å². The van der Waals surface area contributed by atoms with Gasteiger partial charge in [-0.15, -0.1) is 0 Å². The van der Waals surface area contributed by atoms with Gasteiger partial charge >= 0.3 is 0 Å². The summed E-state index contributed by atoms with van der Waals surface area (Å²) in [5.74, 6) is -0.384. The Morgan fingerprint density at radius 3 is 2.69 bits per heavy atom. The van der Waals surface area contributed by atoms with Gasteiger partial charge in [0.2, 0.25) is 0 Å². The normalized spacial score (nSPS) is 24.9. The lowest BCUT2D eigenvalue weighted by atomic mass is 9.87. The van der Waals surface area contributed by atoms with Gasteiger partial charge in [0.05, 0.1) is 5.02 Å². The summed E-state index contributed by atoms with van der Waals surface area (Å²) in [6.07, 6.45) is 2.08. The summed E-state index contributed by atoms with van der Waals surface area (Å²) in [7, 11) is 0. The second-order valence-electron chi connectivity index (χ2n) is 4.61.